The zero-order valence-corrected chi connectivity index (χ0v) is 10.1. The third-order valence-electron chi connectivity index (χ3n) is 2.51. The van der Waals surface area contributed by atoms with Crippen LogP contribution in [0, 0.1) is 0 Å². The molecular formula is C12H22N4O. The molecule has 0 aromatic heterocycles. The highest BCUT2D eigenvalue weighted by Crippen LogP contribution is 2.20. The van der Waals surface area contributed by atoms with Gasteiger partial charge in [0, 0.05) is 44.8 Å². The molecule has 0 aliphatic heterocycles. The van der Waals surface area contributed by atoms with Crippen molar-refractivity contribution in [2.45, 2.75) is 13.1 Å². The van der Waals surface area contributed by atoms with Gasteiger partial charge in [-0.05, 0) is 11.6 Å². The molecule has 0 unspecified atom stereocenters. The van der Waals surface area contributed by atoms with Crippen LogP contribution in [-0.2, 0) is 13.1 Å². The molecule has 0 aliphatic rings. The first-order valence-corrected chi connectivity index (χ1v) is 5.91. The van der Waals surface area contributed by atoms with Crippen molar-refractivity contribution in [2.75, 3.05) is 26.2 Å². The third-order valence-corrected chi connectivity index (χ3v) is 2.51. The summed E-state index contributed by atoms with van der Waals surface area (Å²) >= 11 is 0. The lowest BCUT2D eigenvalue weighted by atomic mass is 10.1. The van der Waals surface area contributed by atoms with Gasteiger partial charge in [0.25, 0.3) is 0 Å². The molecule has 0 aliphatic carbocycles. The summed E-state index contributed by atoms with van der Waals surface area (Å²) in [7, 11) is 0. The Morgan fingerprint density at radius 3 is 2.29 bits per heavy atom. The Morgan fingerprint density at radius 2 is 1.65 bits per heavy atom. The van der Waals surface area contributed by atoms with Crippen LogP contribution >= 0.6 is 0 Å². The molecule has 1 aromatic rings. The molecular weight excluding hydrogens is 216 g/mol. The summed E-state index contributed by atoms with van der Waals surface area (Å²) in [5, 5.41) is 16.2. The standard InChI is InChI=1S/C12H22N4O/c13-4-6-15-8-10-2-1-3-12(17)11(10)9-16-7-5-14/h1-3,15-17H,4-9,13-14H2. The normalized spacial score (nSPS) is 10.7. The van der Waals surface area contributed by atoms with Crippen molar-refractivity contribution in [1.82, 2.24) is 10.6 Å². The van der Waals surface area contributed by atoms with E-state index in [1.165, 1.54) is 0 Å². The number of phenolic OH excluding ortho intramolecular Hbond substituents is 1. The SMILES string of the molecule is NCCNCc1cccc(O)c1CNCCN. The van der Waals surface area contributed by atoms with Crippen molar-refractivity contribution >= 4 is 0 Å². The van der Waals surface area contributed by atoms with Gasteiger partial charge < -0.3 is 27.2 Å². The number of aromatic hydroxyl groups is 1. The van der Waals surface area contributed by atoms with Crippen LogP contribution in [0.25, 0.3) is 0 Å². The minimum atomic E-state index is 0.321. The summed E-state index contributed by atoms with van der Waals surface area (Å²) in [6.45, 7) is 4.05. The Morgan fingerprint density at radius 1 is 1.00 bits per heavy atom. The predicted molar refractivity (Wildman–Crippen MR) is 69.6 cm³/mol. The summed E-state index contributed by atoms with van der Waals surface area (Å²) in [6, 6.07) is 5.55. The maximum Gasteiger partial charge on any atom is 0.120 e. The summed E-state index contributed by atoms with van der Waals surface area (Å²) in [5.74, 6) is 0.321. The van der Waals surface area contributed by atoms with E-state index < -0.39 is 0 Å². The summed E-state index contributed by atoms with van der Waals surface area (Å²) in [4.78, 5) is 0. The van der Waals surface area contributed by atoms with Gasteiger partial charge in [0.15, 0.2) is 0 Å². The van der Waals surface area contributed by atoms with E-state index in [1.54, 1.807) is 6.07 Å². The first-order valence-electron chi connectivity index (χ1n) is 5.91. The van der Waals surface area contributed by atoms with Crippen LogP contribution in [0.4, 0.5) is 0 Å². The molecule has 0 atom stereocenters. The second-order valence-electron chi connectivity index (χ2n) is 3.85. The quantitative estimate of drug-likeness (QED) is 0.393. The van der Waals surface area contributed by atoms with Crippen LogP contribution in [-0.4, -0.2) is 31.3 Å². The Balaban J connectivity index is 2.63. The lowest BCUT2D eigenvalue weighted by Gasteiger charge is -2.12. The zero-order chi connectivity index (χ0) is 12.5. The van der Waals surface area contributed by atoms with Crippen molar-refractivity contribution in [3.63, 3.8) is 0 Å². The van der Waals surface area contributed by atoms with E-state index in [2.05, 4.69) is 10.6 Å². The monoisotopic (exact) mass is 238 g/mol. The molecule has 0 radical (unpaired) electrons. The smallest absolute Gasteiger partial charge is 0.120 e. The van der Waals surface area contributed by atoms with Gasteiger partial charge >= 0.3 is 0 Å². The highest BCUT2D eigenvalue weighted by atomic mass is 16.3. The van der Waals surface area contributed by atoms with E-state index in [0.717, 1.165) is 24.2 Å². The lowest BCUT2D eigenvalue weighted by molar-refractivity contribution is 0.462. The molecule has 0 saturated heterocycles. The second kappa shape index (κ2) is 8.03. The molecule has 0 fully saturated rings. The molecule has 5 nitrogen and oxygen atoms in total. The van der Waals surface area contributed by atoms with Crippen LogP contribution in [0.1, 0.15) is 11.1 Å². The number of nitrogens with one attached hydrogen (secondary N) is 2. The molecule has 0 saturated carbocycles. The minimum absolute atomic E-state index is 0.321. The van der Waals surface area contributed by atoms with Crippen LogP contribution in [0.2, 0.25) is 0 Å². The molecule has 96 valence electrons. The molecule has 0 heterocycles. The number of phenols is 1. The van der Waals surface area contributed by atoms with Crippen molar-refractivity contribution < 1.29 is 5.11 Å². The van der Waals surface area contributed by atoms with E-state index in [1.807, 2.05) is 12.1 Å². The average molecular weight is 238 g/mol. The number of hydrogen-bond donors (Lipinski definition) is 5. The summed E-state index contributed by atoms with van der Waals surface area (Å²) in [5.41, 5.74) is 12.8. The van der Waals surface area contributed by atoms with Gasteiger partial charge in [0.1, 0.15) is 5.75 Å². The Bertz CT molecular complexity index is 330. The molecule has 1 aromatic carbocycles. The molecule has 7 N–H and O–H groups in total. The van der Waals surface area contributed by atoms with E-state index in [0.29, 0.717) is 31.9 Å². The minimum Gasteiger partial charge on any atom is -0.508 e. The van der Waals surface area contributed by atoms with Crippen molar-refractivity contribution in [3.8, 4) is 5.75 Å². The molecule has 0 spiro atoms. The van der Waals surface area contributed by atoms with Crippen LogP contribution in [0.15, 0.2) is 18.2 Å². The van der Waals surface area contributed by atoms with Gasteiger partial charge in [-0.25, -0.2) is 0 Å². The van der Waals surface area contributed by atoms with E-state index >= 15 is 0 Å². The highest BCUT2D eigenvalue weighted by Gasteiger charge is 2.06. The molecule has 17 heavy (non-hydrogen) atoms. The van der Waals surface area contributed by atoms with E-state index in [-0.39, 0.29) is 0 Å². The van der Waals surface area contributed by atoms with Crippen LogP contribution in [0.5, 0.6) is 5.75 Å². The Hall–Kier alpha value is -1.14. The average Bonchev–Trinajstić information content (AvgIpc) is 2.33. The van der Waals surface area contributed by atoms with Gasteiger partial charge in [0.2, 0.25) is 0 Å². The first-order chi connectivity index (χ1) is 8.29. The van der Waals surface area contributed by atoms with E-state index in [9.17, 15) is 5.11 Å². The van der Waals surface area contributed by atoms with Gasteiger partial charge in [-0.15, -0.1) is 0 Å². The summed E-state index contributed by atoms with van der Waals surface area (Å²) in [6.07, 6.45) is 0. The van der Waals surface area contributed by atoms with Crippen LogP contribution < -0.4 is 22.1 Å². The molecule has 5 heteroatoms. The Labute approximate surface area is 102 Å². The maximum atomic E-state index is 9.82. The summed E-state index contributed by atoms with van der Waals surface area (Å²) < 4.78 is 0. The highest BCUT2D eigenvalue weighted by molar-refractivity contribution is 5.39. The van der Waals surface area contributed by atoms with Gasteiger partial charge in [-0.1, -0.05) is 12.1 Å². The number of hydrogen-bond acceptors (Lipinski definition) is 5. The van der Waals surface area contributed by atoms with Crippen molar-refractivity contribution in [1.29, 1.82) is 0 Å². The number of nitrogens with two attached hydrogens (primary N) is 2. The first kappa shape index (κ1) is 13.9. The fourth-order valence-corrected chi connectivity index (χ4v) is 1.63. The Kier molecular flexibility index (Phi) is 6.57. The fraction of sp³-hybridized carbons (Fsp3) is 0.500. The number of rotatable bonds is 8. The topological polar surface area (TPSA) is 96.3 Å². The van der Waals surface area contributed by atoms with Crippen LogP contribution in [0.3, 0.4) is 0 Å². The van der Waals surface area contributed by atoms with Gasteiger partial charge in [0.05, 0.1) is 0 Å². The van der Waals surface area contributed by atoms with E-state index in [4.69, 9.17) is 11.5 Å². The maximum absolute atomic E-state index is 9.82. The number of benzene rings is 1. The lowest BCUT2D eigenvalue weighted by Crippen LogP contribution is -2.25. The zero-order valence-electron chi connectivity index (χ0n) is 10.1. The van der Waals surface area contributed by atoms with Crippen molar-refractivity contribution in [2.24, 2.45) is 11.5 Å². The van der Waals surface area contributed by atoms with Gasteiger partial charge in [-0.3, -0.25) is 0 Å². The largest absolute Gasteiger partial charge is 0.508 e. The third kappa shape index (κ3) is 4.70. The van der Waals surface area contributed by atoms with Crippen molar-refractivity contribution in [3.05, 3.63) is 29.3 Å². The predicted octanol–water partition coefficient (Wildman–Crippen LogP) is -0.511. The molecule has 0 amide bonds. The molecule has 0 bridgehead atoms. The van der Waals surface area contributed by atoms with Gasteiger partial charge in [-0.2, -0.15) is 0 Å². The molecule has 1 rings (SSSR count). The second-order valence-corrected chi connectivity index (χ2v) is 3.85. The fourth-order valence-electron chi connectivity index (χ4n) is 1.63.